The van der Waals surface area contributed by atoms with E-state index in [4.69, 9.17) is 9.84 Å². The van der Waals surface area contributed by atoms with Gasteiger partial charge >= 0.3 is 5.97 Å². The molecule has 1 atom stereocenters. The van der Waals surface area contributed by atoms with Crippen molar-refractivity contribution in [3.63, 3.8) is 0 Å². The lowest BCUT2D eigenvalue weighted by atomic mass is 9.96. The van der Waals surface area contributed by atoms with Crippen molar-refractivity contribution in [3.05, 3.63) is 102 Å². The van der Waals surface area contributed by atoms with E-state index in [1.54, 1.807) is 6.92 Å². The van der Waals surface area contributed by atoms with Crippen LogP contribution in [-0.2, 0) is 17.9 Å². The van der Waals surface area contributed by atoms with Crippen molar-refractivity contribution in [1.29, 1.82) is 0 Å². The van der Waals surface area contributed by atoms with Gasteiger partial charge in [0.2, 0.25) is 0 Å². The molecular formula is C28H25NO3. The van der Waals surface area contributed by atoms with Crippen molar-refractivity contribution in [3.8, 4) is 17.6 Å². The molecule has 1 aromatic heterocycles. The molecule has 32 heavy (non-hydrogen) atoms. The maximum absolute atomic E-state index is 11.1. The number of hydrogen-bond acceptors (Lipinski definition) is 2. The van der Waals surface area contributed by atoms with Gasteiger partial charge in [0.1, 0.15) is 12.4 Å². The lowest BCUT2D eigenvalue weighted by molar-refractivity contribution is -0.137. The highest BCUT2D eigenvalue weighted by atomic mass is 16.5. The second-order valence-electron chi connectivity index (χ2n) is 7.68. The summed E-state index contributed by atoms with van der Waals surface area (Å²) in [6, 6.07) is 26.4. The average molecular weight is 424 g/mol. The smallest absolute Gasteiger partial charge is 0.304 e. The minimum absolute atomic E-state index is 0.0109. The van der Waals surface area contributed by atoms with Gasteiger partial charge in [-0.3, -0.25) is 4.79 Å². The zero-order valence-electron chi connectivity index (χ0n) is 18.0. The Hall–Kier alpha value is -3.97. The Balaban J connectivity index is 1.47. The van der Waals surface area contributed by atoms with E-state index in [-0.39, 0.29) is 12.3 Å². The number of hydrogen-bond donors (Lipinski definition) is 1. The number of nitrogens with zero attached hydrogens (tertiary/aromatic N) is 1. The highest BCUT2D eigenvalue weighted by Gasteiger charge is 2.13. The second kappa shape index (κ2) is 9.89. The number of aromatic nitrogens is 1. The molecule has 1 heterocycles. The van der Waals surface area contributed by atoms with Crippen LogP contribution in [0.15, 0.2) is 85.1 Å². The standard InChI is InChI=1S/C28H25NO3/c1-2-7-23(18-28(30)31)22-12-14-25(15-13-22)32-20-24-10-6-11-27-26(24)16-17-29(27)19-21-8-4-3-5-9-21/h3-6,8-17,23H,18-20H2,1H3,(H,30,31). The Morgan fingerprint density at radius 2 is 1.78 bits per heavy atom. The van der Waals surface area contributed by atoms with Crippen molar-refractivity contribution in [2.45, 2.75) is 32.4 Å². The summed E-state index contributed by atoms with van der Waals surface area (Å²) in [6.07, 6.45) is 2.11. The molecule has 4 rings (SSSR count). The van der Waals surface area contributed by atoms with E-state index in [9.17, 15) is 4.79 Å². The van der Waals surface area contributed by atoms with E-state index >= 15 is 0 Å². The van der Waals surface area contributed by atoms with Crippen LogP contribution in [-0.4, -0.2) is 15.6 Å². The first-order valence-corrected chi connectivity index (χ1v) is 10.6. The molecule has 3 aromatic carbocycles. The van der Waals surface area contributed by atoms with Gasteiger partial charge < -0.3 is 14.4 Å². The molecule has 4 nitrogen and oxygen atoms in total. The largest absolute Gasteiger partial charge is 0.489 e. The van der Waals surface area contributed by atoms with E-state index in [0.717, 1.165) is 23.4 Å². The monoisotopic (exact) mass is 423 g/mol. The first-order chi connectivity index (χ1) is 15.6. The molecule has 0 radical (unpaired) electrons. The summed E-state index contributed by atoms with van der Waals surface area (Å²) in [5, 5.41) is 10.3. The van der Waals surface area contributed by atoms with Crippen LogP contribution in [0.2, 0.25) is 0 Å². The Morgan fingerprint density at radius 1 is 1.00 bits per heavy atom. The van der Waals surface area contributed by atoms with Crippen molar-refractivity contribution < 1.29 is 14.6 Å². The normalized spacial score (nSPS) is 11.5. The number of fused-ring (bicyclic) bond motifs is 1. The minimum Gasteiger partial charge on any atom is -0.489 e. The first-order valence-electron chi connectivity index (χ1n) is 10.6. The van der Waals surface area contributed by atoms with Gasteiger partial charge in [-0.2, -0.15) is 0 Å². The van der Waals surface area contributed by atoms with Gasteiger partial charge in [0.05, 0.1) is 12.3 Å². The highest BCUT2D eigenvalue weighted by molar-refractivity contribution is 5.83. The van der Waals surface area contributed by atoms with Crippen LogP contribution in [0, 0.1) is 11.8 Å². The summed E-state index contributed by atoms with van der Waals surface area (Å²) in [6.45, 7) is 3.01. The number of aliphatic carboxylic acids is 1. The number of carbonyl (C=O) groups is 1. The van der Waals surface area contributed by atoms with Gasteiger partial charge in [-0.15, -0.1) is 5.92 Å². The number of carboxylic acid groups (broad SMARTS) is 1. The average Bonchev–Trinajstić information content (AvgIpc) is 3.21. The molecule has 0 aliphatic rings. The summed E-state index contributed by atoms with van der Waals surface area (Å²) in [5.74, 6) is 5.37. The number of rotatable bonds is 8. The fourth-order valence-corrected chi connectivity index (χ4v) is 3.89. The lowest BCUT2D eigenvalue weighted by Gasteiger charge is -2.12. The van der Waals surface area contributed by atoms with Gasteiger partial charge in [0.25, 0.3) is 0 Å². The van der Waals surface area contributed by atoms with Gasteiger partial charge in [0, 0.05) is 23.6 Å². The van der Waals surface area contributed by atoms with Crippen LogP contribution >= 0.6 is 0 Å². The minimum atomic E-state index is -0.856. The lowest BCUT2D eigenvalue weighted by Crippen LogP contribution is -2.04. The van der Waals surface area contributed by atoms with Crippen molar-refractivity contribution >= 4 is 16.9 Å². The molecule has 0 bridgehead atoms. The third-order valence-electron chi connectivity index (χ3n) is 5.47. The molecule has 0 spiro atoms. The summed E-state index contributed by atoms with van der Waals surface area (Å²) >= 11 is 0. The summed E-state index contributed by atoms with van der Waals surface area (Å²) in [7, 11) is 0. The molecule has 0 fully saturated rings. The van der Waals surface area contributed by atoms with Gasteiger partial charge in [-0.05, 0) is 47.9 Å². The van der Waals surface area contributed by atoms with Crippen molar-refractivity contribution in [1.82, 2.24) is 4.57 Å². The Kier molecular flexibility index (Phi) is 6.57. The third-order valence-corrected chi connectivity index (χ3v) is 5.47. The van der Waals surface area contributed by atoms with Crippen LogP contribution in [0.3, 0.4) is 0 Å². The van der Waals surface area contributed by atoms with E-state index in [0.29, 0.717) is 6.61 Å². The van der Waals surface area contributed by atoms with Gasteiger partial charge in [0.15, 0.2) is 0 Å². The number of carboxylic acids is 1. The molecule has 0 saturated heterocycles. The summed E-state index contributed by atoms with van der Waals surface area (Å²) in [4.78, 5) is 11.1. The predicted molar refractivity (Wildman–Crippen MR) is 127 cm³/mol. The molecular weight excluding hydrogens is 398 g/mol. The predicted octanol–water partition coefficient (Wildman–Crippen LogP) is 5.85. The van der Waals surface area contributed by atoms with E-state index in [1.807, 2.05) is 30.3 Å². The van der Waals surface area contributed by atoms with Gasteiger partial charge in [-0.1, -0.05) is 60.5 Å². The molecule has 0 aliphatic heterocycles. The highest BCUT2D eigenvalue weighted by Crippen LogP contribution is 2.25. The van der Waals surface area contributed by atoms with E-state index < -0.39 is 5.97 Å². The maximum atomic E-state index is 11.1. The zero-order valence-corrected chi connectivity index (χ0v) is 18.0. The van der Waals surface area contributed by atoms with E-state index in [2.05, 4.69) is 71.1 Å². The summed E-state index contributed by atoms with van der Waals surface area (Å²) in [5.41, 5.74) is 4.45. The summed E-state index contributed by atoms with van der Waals surface area (Å²) < 4.78 is 8.29. The Labute approximate surface area is 188 Å². The quantitative estimate of drug-likeness (QED) is 0.362. The Morgan fingerprint density at radius 3 is 2.50 bits per heavy atom. The first kappa shape index (κ1) is 21.3. The van der Waals surface area contributed by atoms with Crippen LogP contribution in [0.5, 0.6) is 5.75 Å². The van der Waals surface area contributed by atoms with Crippen molar-refractivity contribution in [2.75, 3.05) is 0 Å². The molecule has 1 N–H and O–H groups in total. The van der Waals surface area contributed by atoms with Crippen LogP contribution in [0.25, 0.3) is 10.9 Å². The van der Waals surface area contributed by atoms with Crippen LogP contribution in [0.4, 0.5) is 0 Å². The topological polar surface area (TPSA) is 51.5 Å². The van der Waals surface area contributed by atoms with Crippen molar-refractivity contribution in [2.24, 2.45) is 0 Å². The molecule has 1 unspecified atom stereocenters. The fraction of sp³-hybridized carbons (Fsp3) is 0.179. The Bertz CT molecular complexity index is 1260. The van der Waals surface area contributed by atoms with E-state index in [1.165, 1.54) is 16.5 Å². The molecule has 160 valence electrons. The van der Waals surface area contributed by atoms with Crippen LogP contribution in [0.1, 0.15) is 36.0 Å². The molecule has 0 aliphatic carbocycles. The number of benzene rings is 3. The maximum Gasteiger partial charge on any atom is 0.304 e. The second-order valence-corrected chi connectivity index (χ2v) is 7.68. The van der Waals surface area contributed by atoms with Gasteiger partial charge in [-0.25, -0.2) is 0 Å². The molecule has 4 heteroatoms. The number of ether oxygens (including phenoxy) is 1. The molecule has 0 saturated carbocycles. The third kappa shape index (κ3) is 5.01. The molecule has 0 amide bonds. The molecule has 4 aromatic rings. The van der Waals surface area contributed by atoms with Crippen LogP contribution < -0.4 is 4.74 Å². The fourth-order valence-electron chi connectivity index (χ4n) is 3.89. The SMILES string of the molecule is CC#CC(CC(=O)O)c1ccc(OCc2cccc3c2ccn3Cc2ccccc2)cc1. The zero-order chi connectivity index (χ0) is 22.3.